The molecular formula is C12H16N2O. The summed E-state index contributed by atoms with van der Waals surface area (Å²) in [6, 6.07) is 6.53. The van der Waals surface area contributed by atoms with Crippen LogP contribution < -0.4 is 5.73 Å². The molecule has 0 unspecified atom stereocenters. The highest BCUT2D eigenvalue weighted by molar-refractivity contribution is 5.75. The quantitative estimate of drug-likeness (QED) is 0.776. The number of fused-ring (bicyclic) bond motifs is 1. The van der Waals surface area contributed by atoms with Crippen molar-refractivity contribution in [2.75, 3.05) is 13.1 Å². The van der Waals surface area contributed by atoms with Gasteiger partial charge in [-0.2, -0.15) is 0 Å². The van der Waals surface area contributed by atoms with Crippen molar-refractivity contribution >= 4 is 5.91 Å². The predicted octanol–water partition coefficient (Wildman–Crippen LogP) is 0.838. The van der Waals surface area contributed by atoms with E-state index in [1.807, 2.05) is 0 Å². The van der Waals surface area contributed by atoms with Crippen LogP contribution in [0.15, 0.2) is 18.2 Å². The van der Waals surface area contributed by atoms with E-state index in [4.69, 9.17) is 5.73 Å². The number of benzene rings is 1. The van der Waals surface area contributed by atoms with E-state index in [-0.39, 0.29) is 5.91 Å². The van der Waals surface area contributed by atoms with E-state index < -0.39 is 0 Å². The van der Waals surface area contributed by atoms with Gasteiger partial charge in [0.2, 0.25) is 5.91 Å². The third kappa shape index (κ3) is 2.36. The summed E-state index contributed by atoms with van der Waals surface area (Å²) in [6.45, 7) is 4.24. The predicted molar refractivity (Wildman–Crippen MR) is 59.4 cm³/mol. The van der Waals surface area contributed by atoms with E-state index in [0.29, 0.717) is 6.54 Å². The molecule has 0 aliphatic carbocycles. The molecule has 0 radical (unpaired) electrons. The van der Waals surface area contributed by atoms with Crippen molar-refractivity contribution in [2.24, 2.45) is 5.73 Å². The Morgan fingerprint density at radius 3 is 3.00 bits per heavy atom. The largest absolute Gasteiger partial charge is 0.369 e. The van der Waals surface area contributed by atoms with Crippen molar-refractivity contribution in [1.29, 1.82) is 0 Å². The summed E-state index contributed by atoms with van der Waals surface area (Å²) in [5.41, 5.74) is 9.21. The van der Waals surface area contributed by atoms with Crippen LogP contribution in [0.2, 0.25) is 0 Å². The summed E-state index contributed by atoms with van der Waals surface area (Å²) < 4.78 is 0. The fraction of sp³-hybridized carbons (Fsp3) is 0.417. The molecule has 0 bridgehead atoms. The van der Waals surface area contributed by atoms with Crippen LogP contribution in [0.1, 0.15) is 16.7 Å². The first kappa shape index (κ1) is 10.2. The maximum absolute atomic E-state index is 10.8. The number of hydrogen-bond acceptors (Lipinski definition) is 2. The van der Waals surface area contributed by atoms with Crippen molar-refractivity contribution in [3.8, 4) is 0 Å². The molecule has 80 valence electrons. The summed E-state index contributed by atoms with van der Waals surface area (Å²) in [5.74, 6) is -0.244. The van der Waals surface area contributed by atoms with E-state index in [9.17, 15) is 4.79 Å². The third-order valence-electron chi connectivity index (χ3n) is 2.83. The van der Waals surface area contributed by atoms with E-state index in [2.05, 4.69) is 30.0 Å². The molecule has 2 rings (SSSR count). The molecule has 1 amide bonds. The maximum atomic E-state index is 10.8. The number of rotatable bonds is 2. The highest BCUT2D eigenvalue weighted by atomic mass is 16.1. The molecule has 1 heterocycles. The van der Waals surface area contributed by atoms with E-state index >= 15 is 0 Å². The maximum Gasteiger partial charge on any atom is 0.231 e. The lowest BCUT2D eigenvalue weighted by Crippen LogP contribution is -2.37. The number of carbonyl (C=O) groups is 1. The van der Waals surface area contributed by atoms with Gasteiger partial charge in [-0.25, -0.2) is 0 Å². The van der Waals surface area contributed by atoms with Crippen LogP contribution in [0.4, 0.5) is 0 Å². The Balaban J connectivity index is 2.14. The van der Waals surface area contributed by atoms with Gasteiger partial charge in [0.15, 0.2) is 0 Å². The van der Waals surface area contributed by atoms with E-state index in [0.717, 1.165) is 19.5 Å². The van der Waals surface area contributed by atoms with Gasteiger partial charge in [0.25, 0.3) is 0 Å². The fourth-order valence-electron chi connectivity index (χ4n) is 2.10. The van der Waals surface area contributed by atoms with Gasteiger partial charge in [-0.15, -0.1) is 0 Å². The smallest absolute Gasteiger partial charge is 0.231 e. The molecule has 1 aliphatic rings. The van der Waals surface area contributed by atoms with Crippen LogP contribution >= 0.6 is 0 Å². The average Bonchev–Trinajstić information content (AvgIpc) is 2.16. The molecule has 0 aromatic heterocycles. The number of primary amides is 1. The van der Waals surface area contributed by atoms with Gasteiger partial charge in [0.05, 0.1) is 6.54 Å². The van der Waals surface area contributed by atoms with Crippen LogP contribution in [0.25, 0.3) is 0 Å². The second-order valence-corrected chi connectivity index (χ2v) is 4.20. The molecule has 0 saturated carbocycles. The summed E-state index contributed by atoms with van der Waals surface area (Å²) >= 11 is 0. The number of hydrogen-bond donors (Lipinski definition) is 1. The Labute approximate surface area is 89.9 Å². The minimum absolute atomic E-state index is 0.244. The zero-order valence-electron chi connectivity index (χ0n) is 8.99. The summed E-state index contributed by atoms with van der Waals surface area (Å²) in [5, 5.41) is 0. The molecule has 0 saturated heterocycles. The molecule has 1 aromatic rings. The molecule has 3 nitrogen and oxygen atoms in total. The lowest BCUT2D eigenvalue weighted by Gasteiger charge is -2.27. The first-order chi connectivity index (χ1) is 7.15. The van der Waals surface area contributed by atoms with Crippen molar-refractivity contribution in [3.63, 3.8) is 0 Å². The van der Waals surface area contributed by atoms with E-state index in [1.165, 1.54) is 16.7 Å². The van der Waals surface area contributed by atoms with Crippen molar-refractivity contribution < 1.29 is 4.79 Å². The van der Waals surface area contributed by atoms with Gasteiger partial charge < -0.3 is 5.73 Å². The van der Waals surface area contributed by atoms with E-state index in [1.54, 1.807) is 0 Å². The van der Waals surface area contributed by atoms with Gasteiger partial charge in [0, 0.05) is 13.1 Å². The van der Waals surface area contributed by atoms with Gasteiger partial charge in [-0.05, 0) is 24.5 Å². The Morgan fingerprint density at radius 1 is 1.47 bits per heavy atom. The molecule has 0 spiro atoms. The molecule has 3 heteroatoms. The van der Waals surface area contributed by atoms with Crippen LogP contribution in [0.3, 0.4) is 0 Å². The summed E-state index contributed by atoms with van der Waals surface area (Å²) in [7, 11) is 0. The third-order valence-corrected chi connectivity index (χ3v) is 2.83. The van der Waals surface area contributed by atoms with Crippen LogP contribution in [0.5, 0.6) is 0 Å². The normalized spacial score (nSPS) is 16.1. The number of amides is 1. The number of aryl methyl sites for hydroxylation is 1. The summed E-state index contributed by atoms with van der Waals surface area (Å²) in [6.07, 6.45) is 1.02. The Bertz CT molecular complexity index is 387. The Kier molecular flexibility index (Phi) is 2.73. The zero-order valence-corrected chi connectivity index (χ0v) is 8.99. The minimum Gasteiger partial charge on any atom is -0.369 e. The van der Waals surface area contributed by atoms with Crippen molar-refractivity contribution in [3.05, 3.63) is 34.9 Å². The average molecular weight is 204 g/mol. The highest BCUT2D eigenvalue weighted by Gasteiger charge is 2.16. The molecule has 0 fully saturated rings. The molecule has 15 heavy (non-hydrogen) atoms. The second kappa shape index (κ2) is 4.03. The highest BCUT2D eigenvalue weighted by Crippen LogP contribution is 2.19. The minimum atomic E-state index is -0.244. The topological polar surface area (TPSA) is 46.3 Å². The van der Waals surface area contributed by atoms with Gasteiger partial charge in [-0.3, -0.25) is 9.69 Å². The van der Waals surface area contributed by atoms with Gasteiger partial charge >= 0.3 is 0 Å². The molecular weight excluding hydrogens is 188 g/mol. The number of nitrogens with zero attached hydrogens (tertiary/aromatic N) is 1. The molecule has 1 aliphatic heterocycles. The van der Waals surface area contributed by atoms with Gasteiger partial charge in [0.1, 0.15) is 0 Å². The SMILES string of the molecule is Cc1ccc2c(c1)CN(CC(N)=O)CC2. The van der Waals surface area contributed by atoms with Crippen LogP contribution in [-0.4, -0.2) is 23.9 Å². The van der Waals surface area contributed by atoms with Gasteiger partial charge in [-0.1, -0.05) is 23.8 Å². The molecule has 1 aromatic carbocycles. The van der Waals surface area contributed by atoms with Crippen molar-refractivity contribution in [1.82, 2.24) is 4.90 Å². The lowest BCUT2D eigenvalue weighted by atomic mass is 9.98. The first-order valence-corrected chi connectivity index (χ1v) is 5.24. The molecule has 2 N–H and O–H groups in total. The second-order valence-electron chi connectivity index (χ2n) is 4.20. The first-order valence-electron chi connectivity index (χ1n) is 5.24. The fourth-order valence-corrected chi connectivity index (χ4v) is 2.10. The Morgan fingerprint density at radius 2 is 2.27 bits per heavy atom. The van der Waals surface area contributed by atoms with Crippen LogP contribution in [0, 0.1) is 6.92 Å². The Hall–Kier alpha value is -1.35. The monoisotopic (exact) mass is 204 g/mol. The lowest BCUT2D eigenvalue weighted by molar-refractivity contribution is -0.119. The standard InChI is InChI=1S/C12H16N2O/c1-9-2-3-10-4-5-14(8-12(13)15)7-11(10)6-9/h2-3,6H,4-5,7-8H2,1H3,(H2,13,15). The summed E-state index contributed by atoms with van der Waals surface area (Å²) in [4.78, 5) is 12.9. The van der Waals surface area contributed by atoms with Crippen LogP contribution in [-0.2, 0) is 17.8 Å². The molecule has 0 atom stereocenters. The number of carbonyl (C=O) groups excluding carboxylic acids is 1. The number of nitrogens with two attached hydrogens (primary N) is 1. The zero-order chi connectivity index (χ0) is 10.8. The van der Waals surface area contributed by atoms with Crippen molar-refractivity contribution in [2.45, 2.75) is 19.9 Å².